The summed E-state index contributed by atoms with van der Waals surface area (Å²) in [5, 5.41) is 3.42. The molecule has 1 aromatic rings. The molecule has 18 heavy (non-hydrogen) atoms. The summed E-state index contributed by atoms with van der Waals surface area (Å²) >= 11 is 3.51. The average molecular weight is 314 g/mol. The molecule has 1 aliphatic heterocycles. The molecule has 100 valence electrons. The molecule has 2 rings (SSSR count). The van der Waals surface area contributed by atoms with Crippen LogP contribution in [-0.2, 0) is 11.3 Å². The van der Waals surface area contributed by atoms with Crippen molar-refractivity contribution in [2.24, 2.45) is 0 Å². The van der Waals surface area contributed by atoms with Crippen molar-refractivity contribution in [3.8, 4) is 5.75 Å². The fourth-order valence-electron chi connectivity index (χ4n) is 1.90. The maximum absolute atomic E-state index is 6.01. The standard InChI is InChI=1S/C14H20BrNO2/c1-10(2)16-8-11-7-12(15)3-4-14(11)18-13-5-6-17-9-13/h3-4,7,10,13,16H,5-6,8-9H2,1-2H3. The number of ether oxygens (including phenoxy) is 2. The molecule has 1 heterocycles. The minimum atomic E-state index is 0.198. The highest BCUT2D eigenvalue weighted by atomic mass is 79.9. The van der Waals surface area contributed by atoms with E-state index >= 15 is 0 Å². The largest absolute Gasteiger partial charge is 0.488 e. The molecule has 0 aromatic heterocycles. The van der Waals surface area contributed by atoms with E-state index in [-0.39, 0.29) is 6.10 Å². The molecule has 1 N–H and O–H groups in total. The van der Waals surface area contributed by atoms with Crippen molar-refractivity contribution < 1.29 is 9.47 Å². The van der Waals surface area contributed by atoms with Crippen molar-refractivity contribution in [1.82, 2.24) is 5.32 Å². The van der Waals surface area contributed by atoms with E-state index in [1.54, 1.807) is 0 Å². The maximum atomic E-state index is 6.01. The Morgan fingerprint density at radius 3 is 3.00 bits per heavy atom. The molecule has 0 saturated carbocycles. The van der Waals surface area contributed by atoms with Crippen LogP contribution in [0.5, 0.6) is 5.75 Å². The second-order valence-electron chi connectivity index (χ2n) is 4.89. The lowest BCUT2D eigenvalue weighted by molar-refractivity contribution is 0.140. The van der Waals surface area contributed by atoms with Crippen LogP contribution in [0.1, 0.15) is 25.8 Å². The van der Waals surface area contributed by atoms with E-state index in [0.29, 0.717) is 12.6 Å². The van der Waals surface area contributed by atoms with Gasteiger partial charge < -0.3 is 14.8 Å². The Morgan fingerprint density at radius 2 is 2.33 bits per heavy atom. The van der Waals surface area contributed by atoms with Gasteiger partial charge in [0, 0.05) is 29.0 Å². The third-order valence-electron chi connectivity index (χ3n) is 2.90. The molecule has 1 unspecified atom stereocenters. The Hall–Kier alpha value is -0.580. The van der Waals surface area contributed by atoms with E-state index in [1.165, 1.54) is 5.56 Å². The minimum absolute atomic E-state index is 0.198. The van der Waals surface area contributed by atoms with E-state index in [1.807, 2.05) is 12.1 Å². The maximum Gasteiger partial charge on any atom is 0.124 e. The van der Waals surface area contributed by atoms with Gasteiger partial charge in [-0.2, -0.15) is 0 Å². The zero-order valence-corrected chi connectivity index (χ0v) is 12.5. The van der Waals surface area contributed by atoms with Crippen molar-refractivity contribution in [1.29, 1.82) is 0 Å². The fraction of sp³-hybridized carbons (Fsp3) is 0.571. The van der Waals surface area contributed by atoms with Gasteiger partial charge in [-0.1, -0.05) is 29.8 Å². The second kappa shape index (κ2) is 6.55. The molecule has 1 aliphatic rings. The molecule has 0 radical (unpaired) electrons. The molecule has 0 aliphatic carbocycles. The van der Waals surface area contributed by atoms with Crippen LogP contribution in [0.4, 0.5) is 0 Å². The van der Waals surface area contributed by atoms with Crippen LogP contribution in [0, 0.1) is 0 Å². The molecular formula is C14H20BrNO2. The first-order chi connectivity index (χ1) is 8.65. The Morgan fingerprint density at radius 1 is 1.50 bits per heavy atom. The van der Waals surface area contributed by atoms with Crippen LogP contribution in [0.25, 0.3) is 0 Å². The quantitative estimate of drug-likeness (QED) is 0.906. The van der Waals surface area contributed by atoms with Crippen molar-refractivity contribution in [3.63, 3.8) is 0 Å². The van der Waals surface area contributed by atoms with Gasteiger partial charge >= 0.3 is 0 Å². The summed E-state index contributed by atoms with van der Waals surface area (Å²) in [5.41, 5.74) is 1.19. The lowest BCUT2D eigenvalue weighted by Crippen LogP contribution is -2.23. The smallest absolute Gasteiger partial charge is 0.124 e. The number of rotatable bonds is 5. The lowest BCUT2D eigenvalue weighted by Gasteiger charge is -2.17. The van der Waals surface area contributed by atoms with Crippen LogP contribution in [-0.4, -0.2) is 25.4 Å². The third kappa shape index (κ3) is 3.97. The average Bonchev–Trinajstić information content (AvgIpc) is 2.82. The summed E-state index contributed by atoms with van der Waals surface area (Å²) in [7, 11) is 0. The van der Waals surface area contributed by atoms with Gasteiger partial charge in [-0.3, -0.25) is 0 Å². The van der Waals surface area contributed by atoms with Crippen molar-refractivity contribution in [2.75, 3.05) is 13.2 Å². The summed E-state index contributed by atoms with van der Waals surface area (Å²) in [4.78, 5) is 0. The van der Waals surface area contributed by atoms with Gasteiger partial charge in [0.1, 0.15) is 11.9 Å². The van der Waals surface area contributed by atoms with Crippen LogP contribution in [0.2, 0.25) is 0 Å². The van der Waals surface area contributed by atoms with E-state index in [9.17, 15) is 0 Å². The van der Waals surface area contributed by atoms with Crippen LogP contribution in [0.3, 0.4) is 0 Å². The molecule has 0 amide bonds. The van der Waals surface area contributed by atoms with Gasteiger partial charge in [-0.15, -0.1) is 0 Å². The van der Waals surface area contributed by atoms with E-state index < -0.39 is 0 Å². The van der Waals surface area contributed by atoms with Crippen molar-refractivity contribution in [3.05, 3.63) is 28.2 Å². The van der Waals surface area contributed by atoms with E-state index in [0.717, 1.165) is 29.8 Å². The van der Waals surface area contributed by atoms with Gasteiger partial charge in [0.25, 0.3) is 0 Å². The Labute approximate surface area is 117 Å². The van der Waals surface area contributed by atoms with Gasteiger partial charge in [-0.05, 0) is 18.2 Å². The van der Waals surface area contributed by atoms with Crippen LogP contribution >= 0.6 is 15.9 Å². The molecule has 1 saturated heterocycles. The van der Waals surface area contributed by atoms with Crippen molar-refractivity contribution >= 4 is 15.9 Å². The molecule has 1 aromatic carbocycles. The lowest BCUT2D eigenvalue weighted by atomic mass is 10.2. The summed E-state index contributed by atoms with van der Waals surface area (Å²) in [5.74, 6) is 0.960. The molecular weight excluding hydrogens is 294 g/mol. The number of hydrogen-bond acceptors (Lipinski definition) is 3. The first-order valence-electron chi connectivity index (χ1n) is 6.41. The summed E-state index contributed by atoms with van der Waals surface area (Å²) in [6.07, 6.45) is 1.18. The Balaban J connectivity index is 2.06. The first-order valence-corrected chi connectivity index (χ1v) is 7.20. The summed E-state index contributed by atoms with van der Waals surface area (Å²) in [6, 6.07) is 6.62. The topological polar surface area (TPSA) is 30.5 Å². The molecule has 1 atom stereocenters. The summed E-state index contributed by atoms with van der Waals surface area (Å²) < 4.78 is 12.4. The SMILES string of the molecule is CC(C)NCc1cc(Br)ccc1OC1CCOC1. The van der Waals surface area contributed by atoms with Gasteiger partial charge in [0.2, 0.25) is 0 Å². The fourth-order valence-corrected chi connectivity index (χ4v) is 2.31. The third-order valence-corrected chi connectivity index (χ3v) is 3.40. The summed E-state index contributed by atoms with van der Waals surface area (Å²) in [6.45, 7) is 6.61. The highest BCUT2D eigenvalue weighted by molar-refractivity contribution is 9.10. The monoisotopic (exact) mass is 313 g/mol. The molecule has 3 nitrogen and oxygen atoms in total. The molecule has 0 bridgehead atoms. The normalized spacial score (nSPS) is 19.4. The molecule has 4 heteroatoms. The van der Waals surface area contributed by atoms with Crippen molar-refractivity contribution in [2.45, 2.75) is 39.0 Å². The molecule has 0 spiro atoms. The van der Waals surface area contributed by atoms with Gasteiger partial charge in [0.15, 0.2) is 0 Å². The highest BCUT2D eigenvalue weighted by Gasteiger charge is 2.18. The van der Waals surface area contributed by atoms with Crippen LogP contribution < -0.4 is 10.1 Å². The van der Waals surface area contributed by atoms with E-state index in [4.69, 9.17) is 9.47 Å². The zero-order chi connectivity index (χ0) is 13.0. The zero-order valence-electron chi connectivity index (χ0n) is 10.9. The Kier molecular flexibility index (Phi) is 5.03. The predicted molar refractivity (Wildman–Crippen MR) is 76.0 cm³/mol. The number of halogens is 1. The molecule has 1 fully saturated rings. The predicted octanol–water partition coefficient (Wildman–Crippen LogP) is 3.11. The second-order valence-corrected chi connectivity index (χ2v) is 5.81. The first kappa shape index (κ1) is 13.8. The van der Waals surface area contributed by atoms with E-state index in [2.05, 4.69) is 41.2 Å². The minimum Gasteiger partial charge on any atom is -0.488 e. The van der Waals surface area contributed by atoms with Gasteiger partial charge in [-0.25, -0.2) is 0 Å². The number of hydrogen-bond donors (Lipinski definition) is 1. The highest BCUT2D eigenvalue weighted by Crippen LogP contribution is 2.25. The van der Waals surface area contributed by atoms with Crippen LogP contribution in [0.15, 0.2) is 22.7 Å². The number of benzene rings is 1. The Bertz CT molecular complexity index is 389. The number of nitrogens with one attached hydrogen (secondary N) is 1. The van der Waals surface area contributed by atoms with Gasteiger partial charge in [0.05, 0.1) is 13.2 Å².